The van der Waals surface area contributed by atoms with E-state index in [9.17, 15) is 18.0 Å². The quantitative estimate of drug-likeness (QED) is 0.415. The van der Waals surface area contributed by atoms with E-state index in [2.05, 4.69) is 15.6 Å². The van der Waals surface area contributed by atoms with Gasteiger partial charge in [-0.3, -0.25) is 9.79 Å². The number of nitrogens with one attached hydrogen (secondary N) is 2. The molecule has 0 unspecified atom stereocenters. The second-order valence-corrected chi connectivity index (χ2v) is 7.06. The Labute approximate surface area is 166 Å². The molecule has 0 fully saturated rings. The summed E-state index contributed by atoms with van der Waals surface area (Å²) in [5, 5.41) is 7.88. The van der Waals surface area contributed by atoms with Gasteiger partial charge in [0.25, 0.3) is 5.91 Å². The topological polar surface area (TPSA) is 56.7 Å². The summed E-state index contributed by atoms with van der Waals surface area (Å²) in [6.07, 6.45) is -3.62. The Morgan fingerprint density at radius 2 is 1.82 bits per heavy atom. The lowest BCUT2D eigenvalue weighted by atomic mass is 10.1. The molecular weight excluding hydrogens is 389 g/mol. The number of rotatable bonds is 7. The Morgan fingerprint density at radius 3 is 2.39 bits per heavy atom. The molecular formula is C19H23F3N4OS. The van der Waals surface area contributed by atoms with Gasteiger partial charge in [-0.15, -0.1) is 11.3 Å². The molecule has 1 amide bonds. The van der Waals surface area contributed by atoms with Crippen molar-refractivity contribution in [3.63, 3.8) is 0 Å². The van der Waals surface area contributed by atoms with Gasteiger partial charge in [0.2, 0.25) is 0 Å². The van der Waals surface area contributed by atoms with Crippen LogP contribution in [-0.2, 0) is 12.7 Å². The van der Waals surface area contributed by atoms with Crippen LogP contribution in [0.2, 0.25) is 0 Å². The van der Waals surface area contributed by atoms with Crippen molar-refractivity contribution in [2.75, 3.05) is 27.2 Å². The third-order valence-electron chi connectivity index (χ3n) is 3.94. The number of hydrogen-bond donors (Lipinski definition) is 2. The Hall–Kier alpha value is -2.55. The maximum atomic E-state index is 12.6. The zero-order valence-electron chi connectivity index (χ0n) is 15.7. The molecule has 152 valence electrons. The number of nitrogens with zero attached hydrogens (tertiary/aromatic N) is 2. The van der Waals surface area contributed by atoms with Crippen LogP contribution < -0.4 is 10.6 Å². The van der Waals surface area contributed by atoms with Crippen molar-refractivity contribution in [2.24, 2.45) is 4.99 Å². The number of thiophene rings is 1. The standard InChI is InChI=1S/C19H23F3N4OS/c1-23-18(25-11-4-10-24-17(27)16-5-3-12-28-16)26(2)13-14-6-8-15(9-7-14)19(20,21)22/h3,5-9,12H,4,10-11,13H2,1-2H3,(H,23,25)(H,24,27). The van der Waals surface area contributed by atoms with Crippen LogP contribution in [0, 0.1) is 0 Å². The van der Waals surface area contributed by atoms with E-state index >= 15 is 0 Å². The highest BCUT2D eigenvalue weighted by Crippen LogP contribution is 2.29. The molecule has 0 saturated carbocycles. The molecule has 0 aliphatic rings. The van der Waals surface area contributed by atoms with Crippen molar-refractivity contribution in [3.8, 4) is 0 Å². The van der Waals surface area contributed by atoms with E-state index in [0.29, 0.717) is 36.9 Å². The third kappa shape index (κ3) is 6.56. The van der Waals surface area contributed by atoms with Gasteiger partial charge in [-0.1, -0.05) is 18.2 Å². The third-order valence-corrected chi connectivity index (χ3v) is 4.81. The molecule has 2 N–H and O–H groups in total. The number of carbonyl (C=O) groups excluding carboxylic acids is 1. The monoisotopic (exact) mass is 412 g/mol. The van der Waals surface area contributed by atoms with Crippen LogP contribution in [0.1, 0.15) is 27.2 Å². The average molecular weight is 412 g/mol. The fraction of sp³-hybridized carbons (Fsp3) is 0.368. The van der Waals surface area contributed by atoms with Crippen LogP contribution in [0.15, 0.2) is 46.8 Å². The van der Waals surface area contributed by atoms with Crippen LogP contribution in [0.3, 0.4) is 0 Å². The van der Waals surface area contributed by atoms with E-state index in [0.717, 1.165) is 17.7 Å². The minimum absolute atomic E-state index is 0.0844. The number of amides is 1. The predicted octanol–water partition coefficient (Wildman–Crippen LogP) is 3.59. The van der Waals surface area contributed by atoms with Crippen LogP contribution in [-0.4, -0.2) is 44.0 Å². The van der Waals surface area contributed by atoms with Gasteiger partial charge in [-0.25, -0.2) is 0 Å². The normalized spacial score (nSPS) is 12.0. The molecule has 0 saturated heterocycles. The summed E-state index contributed by atoms with van der Waals surface area (Å²) in [6, 6.07) is 8.69. The molecule has 0 aliphatic carbocycles. The fourth-order valence-electron chi connectivity index (χ4n) is 2.52. The lowest BCUT2D eigenvalue weighted by Gasteiger charge is -2.22. The maximum Gasteiger partial charge on any atom is 0.416 e. The highest BCUT2D eigenvalue weighted by molar-refractivity contribution is 7.12. The van der Waals surface area contributed by atoms with Crippen molar-refractivity contribution in [1.29, 1.82) is 0 Å². The van der Waals surface area contributed by atoms with Crippen LogP contribution in [0.25, 0.3) is 0 Å². The molecule has 5 nitrogen and oxygen atoms in total. The van der Waals surface area contributed by atoms with Gasteiger partial charge in [0.1, 0.15) is 0 Å². The lowest BCUT2D eigenvalue weighted by molar-refractivity contribution is -0.137. The predicted molar refractivity (Wildman–Crippen MR) is 106 cm³/mol. The maximum absolute atomic E-state index is 12.6. The first-order chi connectivity index (χ1) is 13.3. The van der Waals surface area contributed by atoms with Gasteiger partial charge in [0.05, 0.1) is 10.4 Å². The van der Waals surface area contributed by atoms with Crippen molar-refractivity contribution < 1.29 is 18.0 Å². The molecule has 0 radical (unpaired) electrons. The van der Waals surface area contributed by atoms with Crippen LogP contribution in [0.5, 0.6) is 0 Å². The van der Waals surface area contributed by atoms with Gasteiger partial charge < -0.3 is 15.5 Å². The zero-order chi connectivity index (χ0) is 20.6. The number of alkyl halides is 3. The molecule has 0 aliphatic heterocycles. The molecule has 28 heavy (non-hydrogen) atoms. The summed E-state index contributed by atoms with van der Waals surface area (Å²) in [4.78, 5) is 18.5. The number of halogens is 3. The summed E-state index contributed by atoms with van der Waals surface area (Å²) in [7, 11) is 3.45. The largest absolute Gasteiger partial charge is 0.416 e. The summed E-state index contributed by atoms with van der Waals surface area (Å²) < 4.78 is 37.9. The highest BCUT2D eigenvalue weighted by atomic mass is 32.1. The Morgan fingerprint density at radius 1 is 1.14 bits per heavy atom. The first-order valence-corrected chi connectivity index (χ1v) is 9.59. The molecule has 1 aromatic heterocycles. The van der Waals surface area contributed by atoms with Crippen LogP contribution in [0.4, 0.5) is 13.2 Å². The first-order valence-electron chi connectivity index (χ1n) is 8.71. The Bertz CT molecular complexity index is 773. The minimum Gasteiger partial charge on any atom is -0.356 e. The van der Waals surface area contributed by atoms with Crippen molar-refractivity contribution in [2.45, 2.75) is 19.1 Å². The van der Waals surface area contributed by atoms with E-state index in [-0.39, 0.29) is 5.91 Å². The minimum atomic E-state index is -4.33. The second-order valence-electron chi connectivity index (χ2n) is 6.11. The van der Waals surface area contributed by atoms with Gasteiger partial charge in [-0.05, 0) is 35.6 Å². The van der Waals surface area contributed by atoms with E-state index in [4.69, 9.17) is 0 Å². The van der Waals surface area contributed by atoms with E-state index < -0.39 is 11.7 Å². The van der Waals surface area contributed by atoms with E-state index in [1.807, 2.05) is 23.4 Å². The molecule has 1 aromatic carbocycles. The molecule has 1 heterocycles. The van der Waals surface area contributed by atoms with Crippen molar-refractivity contribution in [1.82, 2.24) is 15.5 Å². The fourth-order valence-corrected chi connectivity index (χ4v) is 3.16. The van der Waals surface area contributed by atoms with Gasteiger partial charge in [-0.2, -0.15) is 13.2 Å². The second kappa shape index (κ2) is 10.1. The number of benzene rings is 1. The number of carbonyl (C=O) groups is 1. The first kappa shape index (κ1) is 21.7. The number of hydrogen-bond acceptors (Lipinski definition) is 3. The van der Waals surface area contributed by atoms with Crippen LogP contribution >= 0.6 is 11.3 Å². The number of guanidine groups is 1. The van der Waals surface area contributed by atoms with E-state index in [1.54, 1.807) is 13.1 Å². The smallest absolute Gasteiger partial charge is 0.356 e. The summed E-state index contributed by atoms with van der Waals surface area (Å²) >= 11 is 1.39. The summed E-state index contributed by atoms with van der Waals surface area (Å²) in [6.45, 7) is 1.56. The van der Waals surface area contributed by atoms with Gasteiger partial charge >= 0.3 is 6.18 Å². The lowest BCUT2D eigenvalue weighted by Crippen LogP contribution is -2.39. The summed E-state index contributed by atoms with van der Waals surface area (Å²) in [5.41, 5.74) is 0.0904. The Balaban J connectivity index is 1.74. The zero-order valence-corrected chi connectivity index (χ0v) is 16.5. The number of aliphatic imine (C=N–C) groups is 1. The van der Waals surface area contributed by atoms with Crippen molar-refractivity contribution >= 4 is 23.2 Å². The van der Waals surface area contributed by atoms with Gasteiger partial charge in [0.15, 0.2) is 5.96 Å². The Kier molecular flexibility index (Phi) is 7.86. The molecule has 0 atom stereocenters. The molecule has 2 rings (SSSR count). The van der Waals surface area contributed by atoms with Gasteiger partial charge in [0, 0.05) is 33.7 Å². The average Bonchev–Trinajstić information content (AvgIpc) is 3.19. The molecule has 0 bridgehead atoms. The summed E-state index contributed by atoms with van der Waals surface area (Å²) in [5.74, 6) is 0.545. The van der Waals surface area contributed by atoms with E-state index in [1.165, 1.54) is 23.5 Å². The molecule has 9 heteroatoms. The van der Waals surface area contributed by atoms with Crippen molar-refractivity contribution in [3.05, 3.63) is 57.8 Å². The highest BCUT2D eigenvalue weighted by Gasteiger charge is 2.29. The SMILES string of the molecule is CN=C(NCCCNC(=O)c1cccs1)N(C)Cc1ccc(C(F)(F)F)cc1. The molecule has 0 spiro atoms. The molecule has 2 aromatic rings.